The van der Waals surface area contributed by atoms with Gasteiger partial charge < -0.3 is 10.1 Å². The molecule has 0 aliphatic heterocycles. The van der Waals surface area contributed by atoms with Crippen LogP contribution in [0.25, 0.3) is 10.6 Å². The third-order valence-corrected chi connectivity index (χ3v) is 5.10. The molecule has 1 amide bonds. The van der Waals surface area contributed by atoms with Gasteiger partial charge in [-0.25, -0.2) is 9.37 Å². The fraction of sp³-hybridized carbons (Fsp3) is 0.176. The predicted octanol–water partition coefficient (Wildman–Crippen LogP) is 4.51. The van der Waals surface area contributed by atoms with Gasteiger partial charge in [0, 0.05) is 16.3 Å². The fourth-order valence-corrected chi connectivity index (χ4v) is 3.71. The largest absolute Gasteiger partial charge is 0.494 e. The van der Waals surface area contributed by atoms with Crippen molar-refractivity contribution in [2.45, 2.75) is 13.0 Å². The Morgan fingerprint density at radius 1 is 1.33 bits per heavy atom. The van der Waals surface area contributed by atoms with Gasteiger partial charge in [-0.05, 0) is 36.1 Å². The summed E-state index contributed by atoms with van der Waals surface area (Å²) in [6.07, 6.45) is 0. The number of amides is 1. The minimum atomic E-state index is -0.454. The zero-order chi connectivity index (χ0) is 17.1. The zero-order valence-corrected chi connectivity index (χ0v) is 14.7. The fourth-order valence-electron chi connectivity index (χ4n) is 2.20. The van der Waals surface area contributed by atoms with Gasteiger partial charge in [0.05, 0.1) is 13.2 Å². The van der Waals surface area contributed by atoms with Crippen LogP contribution in [0.2, 0.25) is 0 Å². The third kappa shape index (κ3) is 3.47. The topological polar surface area (TPSA) is 51.2 Å². The van der Waals surface area contributed by atoms with Crippen LogP contribution in [0.5, 0.6) is 5.75 Å². The van der Waals surface area contributed by atoms with E-state index >= 15 is 0 Å². The first kappa shape index (κ1) is 16.6. The molecule has 0 saturated heterocycles. The number of hydrogen-bond acceptors (Lipinski definition) is 5. The van der Waals surface area contributed by atoms with Crippen molar-refractivity contribution in [3.05, 3.63) is 57.5 Å². The Morgan fingerprint density at radius 3 is 2.83 bits per heavy atom. The van der Waals surface area contributed by atoms with Gasteiger partial charge in [0.2, 0.25) is 0 Å². The number of nitrogens with one attached hydrogen (secondary N) is 1. The van der Waals surface area contributed by atoms with E-state index in [2.05, 4.69) is 10.3 Å². The highest BCUT2D eigenvalue weighted by Crippen LogP contribution is 2.26. The van der Waals surface area contributed by atoms with E-state index in [1.807, 2.05) is 16.8 Å². The summed E-state index contributed by atoms with van der Waals surface area (Å²) in [5.41, 5.74) is 2.03. The number of hydrogen-bond donors (Lipinski definition) is 1. The summed E-state index contributed by atoms with van der Waals surface area (Å²) in [7, 11) is 1.41. The first-order chi connectivity index (χ1) is 11.6. The molecule has 3 aromatic rings. The summed E-state index contributed by atoms with van der Waals surface area (Å²) in [6.45, 7) is 1.80. The molecule has 0 fully saturated rings. The first-order valence-corrected chi connectivity index (χ1v) is 9.03. The van der Waals surface area contributed by atoms with Gasteiger partial charge in [-0.2, -0.15) is 11.3 Å². The average Bonchev–Trinajstić information content (AvgIpc) is 3.25. The third-order valence-electron chi connectivity index (χ3n) is 3.53. The molecule has 2 heterocycles. The number of benzene rings is 1. The van der Waals surface area contributed by atoms with Gasteiger partial charge >= 0.3 is 0 Å². The molecule has 1 N–H and O–H groups in total. The highest BCUT2D eigenvalue weighted by Gasteiger charge is 2.16. The Kier molecular flexibility index (Phi) is 4.92. The molecule has 1 aromatic carbocycles. The van der Waals surface area contributed by atoms with Crippen molar-refractivity contribution in [2.75, 3.05) is 7.11 Å². The lowest BCUT2D eigenvalue weighted by Gasteiger charge is -2.14. The Bertz CT molecular complexity index is 846. The summed E-state index contributed by atoms with van der Waals surface area (Å²) in [5, 5.41) is 9.33. The minimum Gasteiger partial charge on any atom is -0.494 e. The van der Waals surface area contributed by atoms with Gasteiger partial charge in [-0.1, -0.05) is 6.07 Å². The SMILES string of the molecule is COc1ccc([C@@H](C)NC(=O)c2csc(-c3ccsc3)n2)cc1F. The van der Waals surface area contributed by atoms with Gasteiger partial charge in [0.15, 0.2) is 11.6 Å². The maximum Gasteiger partial charge on any atom is 0.271 e. The highest BCUT2D eigenvalue weighted by atomic mass is 32.1. The number of halogens is 1. The molecule has 0 unspecified atom stereocenters. The van der Waals surface area contributed by atoms with Crippen LogP contribution >= 0.6 is 22.7 Å². The van der Waals surface area contributed by atoms with Gasteiger partial charge in [0.1, 0.15) is 10.7 Å². The van der Waals surface area contributed by atoms with Crippen LogP contribution in [-0.4, -0.2) is 18.0 Å². The quantitative estimate of drug-likeness (QED) is 0.726. The number of carbonyl (C=O) groups excluding carboxylic acids is 1. The summed E-state index contributed by atoms with van der Waals surface area (Å²) in [4.78, 5) is 16.7. The predicted molar refractivity (Wildman–Crippen MR) is 94.3 cm³/mol. The van der Waals surface area contributed by atoms with E-state index in [0.717, 1.165) is 10.6 Å². The standard InChI is InChI=1S/C17H15FN2O2S2/c1-10(11-3-4-15(22-2)13(18)7-11)19-16(21)14-9-24-17(20-14)12-5-6-23-8-12/h3-10H,1-2H3,(H,19,21)/t10-/m1/s1. The second kappa shape index (κ2) is 7.11. The number of rotatable bonds is 5. The molecule has 0 spiro atoms. The molecule has 7 heteroatoms. The normalized spacial score (nSPS) is 12.0. The van der Waals surface area contributed by atoms with E-state index in [4.69, 9.17) is 4.74 Å². The van der Waals surface area contributed by atoms with Crippen LogP contribution in [0.3, 0.4) is 0 Å². The van der Waals surface area contributed by atoms with Crippen LogP contribution in [-0.2, 0) is 0 Å². The van der Waals surface area contributed by atoms with Crippen molar-refractivity contribution in [3.8, 4) is 16.3 Å². The molecule has 0 bridgehead atoms. The summed E-state index contributed by atoms with van der Waals surface area (Å²) in [5.74, 6) is -0.557. The number of aromatic nitrogens is 1. The van der Waals surface area contributed by atoms with E-state index in [-0.39, 0.29) is 17.7 Å². The van der Waals surface area contributed by atoms with Gasteiger partial charge in [-0.3, -0.25) is 4.79 Å². The molecule has 2 aromatic heterocycles. The van der Waals surface area contributed by atoms with Crippen molar-refractivity contribution in [3.63, 3.8) is 0 Å². The van der Waals surface area contributed by atoms with Crippen molar-refractivity contribution in [2.24, 2.45) is 0 Å². The summed E-state index contributed by atoms with van der Waals surface area (Å²) in [6, 6.07) is 6.26. The minimum absolute atomic E-state index is 0.178. The zero-order valence-electron chi connectivity index (χ0n) is 13.1. The Balaban J connectivity index is 1.71. The Hall–Kier alpha value is -2.25. The molecule has 24 heavy (non-hydrogen) atoms. The second-order valence-electron chi connectivity index (χ2n) is 5.14. The van der Waals surface area contributed by atoms with E-state index in [0.29, 0.717) is 11.3 Å². The number of methoxy groups -OCH3 is 1. The van der Waals surface area contributed by atoms with E-state index < -0.39 is 5.82 Å². The van der Waals surface area contributed by atoms with Crippen LogP contribution < -0.4 is 10.1 Å². The number of nitrogens with zero attached hydrogens (tertiary/aromatic N) is 1. The molecule has 3 rings (SSSR count). The highest BCUT2D eigenvalue weighted by molar-refractivity contribution is 7.14. The van der Waals surface area contributed by atoms with Crippen molar-refractivity contribution >= 4 is 28.6 Å². The van der Waals surface area contributed by atoms with Gasteiger partial charge in [-0.15, -0.1) is 11.3 Å². The van der Waals surface area contributed by atoms with E-state index in [9.17, 15) is 9.18 Å². The number of thiazole rings is 1. The maximum absolute atomic E-state index is 13.8. The van der Waals surface area contributed by atoms with Crippen molar-refractivity contribution < 1.29 is 13.9 Å². The number of ether oxygens (including phenoxy) is 1. The number of carbonyl (C=O) groups is 1. The molecular formula is C17H15FN2O2S2. The average molecular weight is 362 g/mol. The Morgan fingerprint density at radius 2 is 2.17 bits per heavy atom. The monoisotopic (exact) mass is 362 g/mol. The van der Waals surface area contributed by atoms with Crippen LogP contribution in [0.4, 0.5) is 4.39 Å². The molecule has 0 radical (unpaired) electrons. The van der Waals surface area contributed by atoms with Gasteiger partial charge in [0.25, 0.3) is 5.91 Å². The number of thiophene rings is 1. The smallest absolute Gasteiger partial charge is 0.271 e. The molecule has 1 atom stereocenters. The molecule has 4 nitrogen and oxygen atoms in total. The summed E-state index contributed by atoms with van der Waals surface area (Å²) < 4.78 is 18.7. The first-order valence-electron chi connectivity index (χ1n) is 7.21. The van der Waals surface area contributed by atoms with E-state index in [1.165, 1.54) is 24.5 Å². The molecule has 0 aliphatic rings. The van der Waals surface area contributed by atoms with Crippen molar-refractivity contribution in [1.29, 1.82) is 0 Å². The molecule has 0 saturated carbocycles. The molecular weight excluding hydrogens is 347 g/mol. The lowest BCUT2D eigenvalue weighted by Crippen LogP contribution is -2.27. The van der Waals surface area contributed by atoms with Crippen LogP contribution in [0, 0.1) is 5.82 Å². The Labute approximate surface area is 146 Å². The maximum atomic E-state index is 13.8. The van der Waals surface area contributed by atoms with E-state index in [1.54, 1.807) is 35.8 Å². The lowest BCUT2D eigenvalue weighted by molar-refractivity contribution is 0.0935. The van der Waals surface area contributed by atoms with Crippen LogP contribution in [0.15, 0.2) is 40.4 Å². The van der Waals surface area contributed by atoms with Crippen molar-refractivity contribution in [1.82, 2.24) is 10.3 Å². The van der Waals surface area contributed by atoms with Crippen LogP contribution in [0.1, 0.15) is 29.0 Å². The second-order valence-corrected chi connectivity index (χ2v) is 6.78. The molecule has 124 valence electrons. The summed E-state index contributed by atoms with van der Waals surface area (Å²) >= 11 is 3.01. The lowest BCUT2D eigenvalue weighted by atomic mass is 10.1. The molecule has 0 aliphatic carbocycles.